The van der Waals surface area contributed by atoms with Gasteiger partial charge in [-0.2, -0.15) is 0 Å². The molecule has 1 N–H and O–H groups in total. The minimum absolute atomic E-state index is 0.000281. The molecule has 4 rings (SSSR count). The lowest BCUT2D eigenvalue weighted by Gasteiger charge is -2.31. The van der Waals surface area contributed by atoms with Crippen molar-refractivity contribution in [2.24, 2.45) is 5.92 Å². The van der Waals surface area contributed by atoms with E-state index in [1.807, 2.05) is 47.4 Å². The molecule has 2 fully saturated rings. The third-order valence-corrected chi connectivity index (χ3v) is 7.40. The molecular weight excluding hydrogens is 457 g/mol. The fourth-order valence-corrected chi connectivity index (χ4v) is 5.03. The van der Waals surface area contributed by atoms with Gasteiger partial charge in [-0.05, 0) is 68.6 Å². The first-order chi connectivity index (χ1) is 16.0. The average molecular weight is 488 g/mol. The number of benzene rings is 2. The number of hydrogen-bond acceptors (Lipinski definition) is 3. The predicted molar refractivity (Wildman–Crippen MR) is 134 cm³/mol. The lowest BCUT2D eigenvalue weighted by atomic mass is 9.95. The van der Waals surface area contributed by atoms with Gasteiger partial charge in [0.05, 0.1) is 21.3 Å². The molecule has 176 valence electrons. The number of piperidine rings is 1. The van der Waals surface area contributed by atoms with Crippen LogP contribution in [0.3, 0.4) is 0 Å². The van der Waals surface area contributed by atoms with Crippen molar-refractivity contribution in [1.29, 1.82) is 0 Å². The first kappa shape index (κ1) is 24.1. The van der Waals surface area contributed by atoms with Crippen LogP contribution in [-0.2, 0) is 11.3 Å². The number of rotatable bonds is 5. The van der Waals surface area contributed by atoms with Gasteiger partial charge >= 0.3 is 0 Å². The predicted octanol–water partition coefficient (Wildman–Crippen LogP) is 5.86. The summed E-state index contributed by atoms with van der Waals surface area (Å²) < 4.78 is 0. The molecule has 0 unspecified atom stereocenters. The van der Waals surface area contributed by atoms with E-state index in [9.17, 15) is 9.59 Å². The Morgan fingerprint density at radius 3 is 2.27 bits per heavy atom. The number of anilines is 1. The molecule has 0 bridgehead atoms. The van der Waals surface area contributed by atoms with Crippen LogP contribution >= 0.6 is 23.2 Å². The molecule has 5 nitrogen and oxygen atoms in total. The maximum atomic E-state index is 13.1. The Labute approximate surface area is 206 Å². The van der Waals surface area contributed by atoms with Crippen molar-refractivity contribution < 1.29 is 9.59 Å². The Morgan fingerprint density at radius 2 is 1.58 bits per heavy atom. The number of hydrogen-bond donors (Lipinski definition) is 1. The van der Waals surface area contributed by atoms with Crippen LogP contribution in [0.25, 0.3) is 0 Å². The van der Waals surface area contributed by atoms with E-state index in [4.69, 9.17) is 23.2 Å². The fraction of sp³-hybridized carbons (Fsp3) is 0.462. The molecule has 2 heterocycles. The van der Waals surface area contributed by atoms with E-state index in [-0.39, 0.29) is 17.7 Å². The van der Waals surface area contributed by atoms with Gasteiger partial charge in [-0.25, -0.2) is 0 Å². The first-order valence-electron chi connectivity index (χ1n) is 11.9. The van der Waals surface area contributed by atoms with E-state index in [1.54, 1.807) is 0 Å². The van der Waals surface area contributed by atoms with Crippen LogP contribution < -0.4 is 5.32 Å². The van der Waals surface area contributed by atoms with Crippen molar-refractivity contribution in [3.8, 4) is 0 Å². The molecule has 2 amide bonds. The van der Waals surface area contributed by atoms with Gasteiger partial charge in [0.1, 0.15) is 0 Å². The van der Waals surface area contributed by atoms with Crippen LogP contribution in [0.2, 0.25) is 10.0 Å². The van der Waals surface area contributed by atoms with Crippen molar-refractivity contribution in [3.63, 3.8) is 0 Å². The summed E-state index contributed by atoms with van der Waals surface area (Å²) in [5.41, 5.74) is 2.33. The molecule has 0 radical (unpaired) electrons. The first-order valence-corrected chi connectivity index (χ1v) is 12.6. The Kier molecular flexibility index (Phi) is 8.29. The van der Waals surface area contributed by atoms with Crippen molar-refractivity contribution in [2.75, 3.05) is 31.5 Å². The zero-order chi connectivity index (χ0) is 23.2. The van der Waals surface area contributed by atoms with Crippen LogP contribution in [0, 0.1) is 5.92 Å². The molecule has 0 saturated carbocycles. The summed E-state index contributed by atoms with van der Waals surface area (Å²) in [7, 11) is 0. The van der Waals surface area contributed by atoms with E-state index in [0.717, 1.165) is 64.0 Å². The second-order valence-corrected chi connectivity index (χ2v) is 9.85. The van der Waals surface area contributed by atoms with E-state index in [2.05, 4.69) is 10.2 Å². The van der Waals surface area contributed by atoms with Gasteiger partial charge in [0.2, 0.25) is 5.91 Å². The molecule has 2 aliphatic rings. The summed E-state index contributed by atoms with van der Waals surface area (Å²) in [6.45, 7) is 4.05. The molecule has 7 heteroatoms. The summed E-state index contributed by atoms with van der Waals surface area (Å²) in [4.78, 5) is 30.4. The molecule has 2 aromatic rings. The largest absolute Gasteiger partial charge is 0.339 e. The zero-order valence-electron chi connectivity index (χ0n) is 18.9. The molecule has 0 aliphatic carbocycles. The zero-order valence-corrected chi connectivity index (χ0v) is 20.4. The van der Waals surface area contributed by atoms with Crippen LogP contribution in [0.5, 0.6) is 0 Å². The minimum Gasteiger partial charge on any atom is -0.339 e. The van der Waals surface area contributed by atoms with E-state index in [1.165, 1.54) is 12.8 Å². The average Bonchev–Trinajstić information content (AvgIpc) is 3.11. The highest BCUT2D eigenvalue weighted by Gasteiger charge is 2.27. The topological polar surface area (TPSA) is 52.7 Å². The second kappa shape index (κ2) is 11.4. The summed E-state index contributed by atoms with van der Waals surface area (Å²) in [5, 5.41) is 4.18. The number of nitrogens with zero attached hydrogens (tertiary/aromatic N) is 2. The molecule has 2 aliphatic heterocycles. The normalized spacial score (nSPS) is 18.1. The van der Waals surface area contributed by atoms with Gasteiger partial charge in [0, 0.05) is 25.6 Å². The van der Waals surface area contributed by atoms with Crippen LogP contribution in [0.15, 0.2) is 42.5 Å². The van der Waals surface area contributed by atoms with Gasteiger partial charge < -0.3 is 10.2 Å². The third kappa shape index (κ3) is 6.28. The highest BCUT2D eigenvalue weighted by atomic mass is 35.5. The van der Waals surface area contributed by atoms with Crippen molar-refractivity contribution in [2.45, 2.75) is 45.1 Å². The Morgan fingerprint density at radius 1 is 0.879 bits per heavy atom. The van der Waals surface area contributed by atoms with Gasteiger partial charge in [-0.3, -0.25) is 14.5 Å². The van der Waals surface area contributed by atoms with Crippen LogP contribution in [0.4, 0.5) is 5.69 Å². The summed E-state index contributed by atoms with van der Waals surface area (Å²) >= 11 is 12.1. The monoisotopic (exact) mass is 487 g/mol. The number of halogens is 2. The number of carbonyl (C=O) groups is 2. The number of amides is 2. The van der Waals surface area contributed by atoms with Gasteiger partial charge in [-0.15, -0.1) is 0 Å². The third-order valence-electron chi connectivity index (χ3n) is 6.66. The highest BCUT2D eigenvalue weighted by Crippen LogP contribution is 2.26. The lowest BCUT2D eigenvalue weighted by Crippen LogP contribution is -2.38. The van der Waals surface area contributed by atoms with Crippen molar-refractivity contribution >= 4 is 40.7 Å². The molecule has 2 aromatic carbocycles. The Balaban J connectivity index is 1.33. The van der Waals surface area contributed by atoms with Crippen molar-refractivity contribution in [1.82, 2.24) is 9.80 Å². The van der Waals surface area contributed by atoms with Gasteiger partial charge in [-0.1, -0.05) is 54.2 Å². The number of para-hydroxylation sites is 1. The van der Waals surface area contributed by atoms with Crippen LogP contribution in [-0.4, -0.2) is 47.8 Å². The lowest BCUT2D eigenvalue weighted by molar-refractivity contribution is -0.121. The molecule has 33 heavy (non-hydrogen) atoms. The van der Waals surface area contributed by atoms with Crippen LogP contribution in [0.1, 0.15) is 54.4 Å². The molecule has 0 aromatic heterocycles. The number of carbonyl (C=O) groups excluding carboxylic acids is 2. The van der Waals surface area contributed by atoms with Gasteiger partial charge in [0.15, 0.2) is 0 Å². The van der Waals surface area contributed by atoms with E-state index in [0.29, 0.717) is 21.3 Å². The van der Waals surface area contributed by atoms with Crippen molar-refractivity contribution in [3.05, 3.63) is 63.6 Å². The van der Waals surface area contributed by atoms with Gasteiger partial charge in [0.25, 0.3) is 5.91 Å². The summed E-state index contributed by atoms with van der Waals surface area (Å²) in [6, 6.07) is 13.1. The quantitative estimate of drug-likeness (QED) is 0.574. The fourth-order valence-electron chi connectivity index (χ4n) is 4.71. The second-order valence-electron chi connectivity index (χ2n) is 9.04. The standard InChI is InChI=1S/C26H31Cl2N3O2/c27-22-10-9-19(17-23(22)28)18-30-15-11-20(12-16-30)25(32)29-24-8-4-3-7-21(24)26(33)31-13-5-1-2-6-14-31/h3-4,7-10,17,20H,1-2,5-6,11-16,18H2,(H,29,32). The molecule has 0 atom stereocenters. The highest BCUT2D eigenvalue weighted by molar-refractivity contribution is 6.42. The Hall–Kier alpha value is -2.08. The van der Waals surface area contributed by atoms with E-state index >= 15 is 0 Å². The summed E-state index contributed by atoms with van der Waals surface area (Å²) in [5.74, 6) is -0.0408. The maximum absolute atomic E-state index is 13.1. The Bertz CT molecular complexity index is 981. The maximum Gasteiger partial charge on any atom is 0.255 e. The summed E-state index contributed by atoms with van der Waals surface area (Å²) in [6.07, 6.45) is 6.00. The molecular formula is C26H31Cl2N3O2. The molecule has 2 saturated heterocycles. The number of likely N-dealkylation sites (tertiary alicyclic amines) is 2. The number of nitrogens with one attached hydrogen (secondary N) is 1. The molecule has 0 spiro atoms. The SMILES string of the molecule is O=C(Nc1ccccc1C(=O)N1CCCCCC1)C1CCN(Cc2ccc(Cl)c(Cl)c2)CC1. The smallest absolute Gasteiger partial charge is 0.255 e. The minimum atomic E-state index is -0.0589. The van der Waals surface area contributed by atoms with E-state index < -0.39 is 0 Å².